The first kappa shape index (κ1) is 21.3. The minimum Gasteiger partial charge on any atom is -0.493 e. The molecule has 0 aliphatic heterocycles. The molecule has 8 heteroatoms. The summed E-state index contributed by atoms with van der Waals surface area (Å²) in [4.78, 5) is 13.6. The fraction of sp³-hybridized carbons (Fsp3) is 0.250. The van der Waals surface area contributed by atoms with E-state index in [0.29, 0.717) is 29.7 Å². The summed E-state index contributed by atoms with van der Waals surface area (Å²) < 4.78 is 12.8. The Balaban J connectivity index is 1.57. The van der Waals surface area contributed by atoms with Crippen molar-refractivity contribution < 1.29 is 9.47 Å². The van der Waals surface area contributed by atoms with Gasteiger partial charge < -0.3 is 14.8 Å². The molecule has 0 saturated heterocycles. The van der Waals surface area contributed by atoms with Crippen molar-refractivity contribution in [3.05, 3.63) is 66.6 Å². The predicted molar refractivity (Wildman–Crippen MR) is 124 cm³/mol. The number of hydrogen-bond donors (Lipinski definition) is 1. The molecule has 164 valence electrons. The molecule has 0 aliphatic rings. The van der Waals surface area contributed by atoms with Crippen LogP contribution in [0.4, 0.5) is 5.82 Å². The number of nitrogens with one attached hydrogen (secondary N) is 1. The lowest BCUT2D eigenvalue weighted by Crippen LogP contribution is -2.09. The molecule has 0 amide bonds. The topological polar surface area (TPSA) is 87.0 Å². The Kier molecular flexibility index (Phi) is 6.30. The third kappa shape index (κ3) is 4.39. The van der Waals surface area contributed by atoms with Crippen molar-refractivity contribution in [3.63, 3.8) is 0 Å². The van der Waals surface area contributed by atoms with Gasteiger partial charge in [0, 0.05) is 24.3 Å². The minimum atomic E-state index is 0.133. The highest BCUT2D eigenvalue weighted by molar-refractivity contribution is 5.63. The van der Waals surface area contributed by atoms with Crippen molar-refractivity contribution in [2.24, 2.45) is 0 Å². The van der Waals surface area contributed by atoms with Crippen LogP contribution < -0.4 is 14.8 Å². The molecule has 0 unspecified atom stereocenters. The molecular formula is C24H26N6O2. The number of pyridine rings is 1. The van der Waals surface area contributed by atoms with Gasteiger partial charge in [-0.1, -0.05) is 30.3 Å². The van der Waals surface area contributed by atoms with E-state index < -0.39 is 0 Å². The number of aromatic nitrogens is 5. The lowest BCUT2D eigenvalue weighted by atomic mass is 10.1. The Morgan fingerprint density at radius 3 is 2.38 bits per heavy atom. The zero-order valence-electron chi connectivity index (χ0n) is 18.6. The van der Waals surface area contributed by atoms with Crippen LogP contribution in [-0.4, -0.2) is 39.0 Å². The zero-order valence-corrected chi connectivity index (χ0v) is 18.6. The second kappa shape index (κ2) is 9.47. The van der Waals surface area contributed by atoms with Crippen LogP contribution in [0.2, 0.25) is 0 Å². The van der Waals surface area contributed by atoms with Gasteiger partial charge in [-0.3, -0.25) is 9.67 Å². The Bertz CT molecular complexity index is 1170. The lowest BCUT2D eigenvalue weighted by molar-refractivity contribution is 0.411. The van der Waals surface area contributed by atoms with Gasteiger partial charge in [-0.25, -0.2) is 9.97 Å². The van der Waals surface area contributed by atoms with Gasteiger partial charge in [-0.2, -0.15) is 5.10 Å². The van der Waals surface area contributed by atoms with Crippen LogP contribution in [0.25, 0.3) is 22.8 Å². The average Bonchev–Trinajstić information content (AvgIpc) is 3.28. The Morgan fingerprint density at radius 1 is 0.938 bits per heavy atom. The third-order valence-electron chi connectivity index (χ3n) is 5.03. The SMILES string of the molecule is COc1cnc(-c2c(OC)cnn2C(C)C)nc1NCc1ccc(-c2ccccn2)cc1. The van der Waals surface area contributed by atoms with Gasteiger partial charge >= 0.3 is 0 Å². The molecule has 1 aromatic carbocycles. The highest BCUT2D eigenvalue weighted by atomic mass is 16.5. The van der Waals surface area contributed by atoms with Crippen LogP contribution in [0.1, 0.15) is 25.5 Å². The van der Waals surface area contributed by atoms with Gasteiger partial charge in [-0.05, 0) is 31.5 Å². The van der Waals surface area contributed by atoms with Crippen molar-refractivity contribution in [1.29, 1.82) is 0 Å². The number of anilines is 1. The van der Waals surface area contributed by atoms with Gasteiger partial charge in [-0.15, -0.1) is 0 Å². The summed E-state index contributed by atoms with van der Waals surface area (Å²) in [6.45, 7) is 4.68. The van der Waals surface area contributed by atoms with Gasteiger partial charge in [0.25, 0.3) is 0 Å². The molecule has 0 saturated carbocycles. The fourth-order valence-electron chi connectivity index (χ4n) is 3.37. The summed E-state index contributed by atoms with van der Waals surface area (Å²) in [5, 5.41) is 7.78. The molecule has 0 atom stereocenters. The summed E-state index contributed by atoms with van der Waals surface area (Å²) in [5.74, 6) is 2.31. The molecule has 4 rings (SSSR count). The van der Waals surface area contributed by atoms with Crippen LogP contribution in [0, 0.1) is 0 Å². The largest absolute Gasteiger partial charge is 0.493 e. The van der Waals surface area contributed by atoms with Crippen LogP contribution >= 0.6 is 0 Å². The number of methoxy groups -OCH3 is 2. The van der Waals surface area contributed by atoms with E-state index in [1.807, 2.05) is 36.7 Å². The highest BCUT2D eigenvalue weighted by Crippen LogP contribution is 2.32. The maximum Gasteiger partial charge on any atom is 0.183 e. The standard InChI is InChI=1S/C24H26N6O2/c1-16(2)30-22(20(31-3)15-28-30)24-27-14-21(32-4)23(29-24)26-13-17-8-10-18(11-9-17)19-7-5-6-12-25-19/h5-12,14-16H,13H2,1-4H3,(H,26,27,29). The van der Waals surface area contributed by atoms with Gasteiger partial charge in [0.05, 0.1) is 32.3 Å². The molecule has 0 spiro atoms. The van der Waals surface area contributed by atoms with Crippen LogP contribution in [0.15, 0.2) is 61.1 Å². The molecule has 0 radical (unpaired) electrons. The molecular weight excluding hydrogens is 404 g/mol. The second-order valence-corrected chi connectivity index (χ2v) is 7.48. The van der Waals surface area contributed by atoms with E-state index in [-0.39, 0.29) is 6.04 Å². The van der Waals surface area contributed by atoms with Crippen molar-refractivity contribution in [1.82, 2.24) is 24.7 Å². The smallest absolute Gasteiger partial charge is 0.183 e. The summed E-state index contributed by atoms with van der Waals surface area (Å²) in [6, 6.07) is 14.3. The first-order valence-electron chi connectivity index (χ1n) is 10.4. The molecule has 0 fully saturated rings. The second-order valence-electron chi connectivity index (χ2n) is 7.48. The molecule has 32 heavy (non-hydrogen) atoms. The zero-order chi connectivity index (χ0) is 22.5. The van der Waals surface area contributed by atoms with Gasteiger partial charge in [0.1, 0.15) is 5.69 Å². The Hall–Kier alpha value is -3.94. The molecule has 4 aromatic rings. The number of ether oxygens (including phenoxy) is 2. The van der Waals surface area contributed by atoms with E-state index in [1.165, 1.54) is 0 Å². The Morgan fingerprint density at radius 2 is 1.72 bits per heavy atom. The maximum absolute atomic E-state index is 5.48. The number of rotatable bonds is 8. The molecule has 8 nitrogen and oxygen atoms in total. The van der Waals surface area contributed by atoms with Crippen LogP contribution in [0.3, 0.4) is 0 Å². The van der Waals surface area contributed by atoms with Crippen molar-refractivity contribution in [2.75, 3.05) is 19.5 Å². The van der Waals surface area contributed by atoms with Crippen LogP contribution in [0.5, 0.6) is 11.5 Å². The highest BCUT2D eigenvalue weighted by Gasteiger charge is 2.20. The molecule has 3 heterocycles. The summed E-state index contributed by atoms with van der Waals surface area (Å²) in [5.41, 5.74) is 3.86. The predicted octanol–water partition coefficient (Wildman–Crippen LogP) is 4.61. The normalized spacial score (nSPS) is 10.9. The lowest BCUT2D eigenvalue weighted by Gasteiger charge is -2.14. The fourth-order valence-corrected chi connectivity index (χ4v) is 3.37. The molecule has 1 N–H and O–H groups in total. The first-order valence-corrected chi connectivity index (χ1v) is 10.4. The van der Waals surface area contributed by atoms with E-state index in [2.05, 4.69) is 44.6 Å². The monoisotopic (exact) mass is 430 g/mol. The summed E-state index contributed by atoms with van der Waals surface area (Å²) >= 11 is 0. The van der Waals surface area contributed by atoms with E-state index in [1.54, 1.807) is 32.8 Å². The number of hydrogen-bond acceptors (Lipinski definition) is 7. The quantitative estimate of drug-likeness (QED) is 0.437. The molecule has 0 aliphatic carbocycles. The van der Waals surface area contributed by atoms with Crippen LogP contribution in [-0.2, 0) is 6.54 Å². The Labute approximate surface area is 187 Å². The van der Waals surface area contributed by atoms with E-state index in [9.17, 15) is 0 Å². The number of benzene rings is 1. The first-order chi connectivity index (χ1) is 15.6. The van der Waals surface area contributed by atoms with Gasteiger partial charge in [0.15, 0.2) is 23.1 Å². The third-order valence-corrected chi connectivity index (χ3v) is 5.03. The summed E-state index contributed by atoms with van der Waals surface area (Å²) in [7, 11) is 3.21. The van der Waals surface area contributed by atoms with E-state index in [4.69, 9.17) is 14.5 Å². The maximum atomic E-state index is 5.48. The van der Waals surface area contributed by atoms with E-state index in [0.717, 1.165) is 22.5 Å². The van der Waals surface area contributed by atoms with Crippen molar-refractivity contribution >= 4 is 5.82 Å². The van der Waals surface area contributed by atoms with Crippen molar-refractivity contribution in [2.45, 2.75) is 26.4 Å². The minimum absolute atomic E-state index is 0.133. The van der Waals surface area contributed by atoms with Gasteiger partial charge in [0.2, 0.25) is 0 Å². The number of nitrogens with zero attached hydrogens (tertiary/aromatic N) is 5. The molecule has 0 bridgehead atoms. The summed E-state index contributed by atoms with van der Waals surface area (Å²) in [6.07, 6.45) is 5.13. The van der Waals surface area contributed by atoms with E-state index >= 15 is 0 Å². The van der Waals surface area contributed by atoms with Crippen molar-refractivity contribution in [3.8, 4) is 34.3 Å². The molecule has 3 aromatic heterocycles. The average molecular weight is 431 g/mol.